The fraction of sp³-hybridized carbons (Fsp3) is 0.600. The number of rotatable bonds is 4. The summed E-state index contributed by atoms with van der Waals surface area (Å²) in [4.78, 5) is 30.9. The highest BCUT2D eigenvalue weighted by Gasteiger charge is 2.24. The van der Waals surface area contributed by atoms with Gasteiger partial charge in [-0.15, -0.1) is 0 Å². The molecule has 2 fully saturated rings. The molecular formula is C20H28ClN3O2. The first kappa shape index (κ1) is 19.2. The van der Waals surface area contributed by atoms with E-state index in [4.69, 9.17) is 11.6 Å². The van der Waals surface area contributed by atoms with Crippen LogP contribution >= 0.6 is 11.6 Å². The lowest BCUT2D eigenvalue weighted by atomic mass is 10.2. The molecule has 2 aliphatic heterocycles. The van der Waals surface area contributed by atoms with E-state index in [2.05, 4.69) is 17.0 Å². The summed E-state index contributed by atoms with van der Waals surface area (Å²) in [7, 11) is 0. The lowest BCUT2D eigenvalue weighted by molar-refractivity contribution is -0.140. The van der Waals surface area contributed by atoms with Gasteiger partial charge in [0.1, 0.15) is 0 Å². The Morgan fingerprint density at radius 1 is 0.923 bits per heavy atom. The molecule has 0 saturated carbocycles. The molecule has 0 atom stereocenters. The number of amides is 2. The average molecular weight is 378 g/mol. The van der Waals surface area contributed by atoms with Crippen molar-refractivity contribution in [1.82, 2.24) is 14.7 Å². The van der Waals surface area contributed by atoms with Gasteiger partial charge >= 0.3 is 0 Å². The van der Waals surface area contributed by atoms with Gasteiger partial charge in [-0.1, -0.05) is 30.2 Å². The lowest BCUT2D eigenvalue weighted by Crippen LogP contribution is -2.44. The normalized spacial score (nSPS) is 20.0. The number of hydrogen-bond donors (Lipinski definition) is 0. The first-order valence-electron chi connectivity index (χ1n) is 9.64. The zero-order valence-corrected chi connectivity index (χ0v) is 16.1. The molecule has 0 bridgehead atoms. The van der Waals surface area contributed by atoms with Gasteiger partial charge in [-0.05, 0) is 37.0 Å². The fourth-order valence-electron chi connectivity index (χ4n) is 3.70. The Balaban J connectivity index is 1.50. The molecule has 0 unspecified atom stereocenters. The molecule has 2 amide bonds. The smallest absolute Gasteiger partial charge is 0.242 e. The number of hydrogen-bond acceptors (Lipinski definition) is 3. The molecule has 6 heteroatoms. The molecule has 26 heavy (non-hydrogen) atoms. The number of likely N-dealkylation sites (tertiary alicyclic amines) is 1. The SMILES string of the molecule is O=C(CN1CCCCCC1=O)N1CCCN(Cc2ccc(Cl)cc2)CC1. The standard InChI is InChI=1S/C20H28ClN3O2/c21-18-8-6-17(7-9-18)15-22-10-4-12-23(14-13-22)20(26)16-24-11-3-1-2-5-19(24)25/h6-9H,1-5,10-16H2. The number of halogens is 1. The van der Waals surface area contributed by atoms with Crippen molar-refractivity contribution in [2.24, 2.45) is 0 Å². The maximum atomic E-state index is 12.7. The number of carbonyl (C=O) groups excluding carboxylic acids is 2. The summed E-state index contributed by atoms with van der Waals surface area (Å²) >= 11 is 5.95. The van der Waals surface area contributed by atoms with Gasteiger partial charge in [-0.2, -0.15) is 0 Å². The van der Waals surface area contributed by atoms with Crippen molar-refractivity contribution in [2.75, 3.05) is 39.3 Å². The van der Waals surface area contributed by atoms with Gasteiger partial charge in [0.2, 0.25) is 11.8 Å². The van der Waals surface area contributed by atoms with Crippen LogP contribution in [0.15, 0.2) is 24.3 Å². The van der Waals surface area contributed by atoms with E-state index in [9.17, 15) is 9.59 Å². The molecule has 1 aromatic rings. The third kappa shape index (κ3) is 5.45. The molecule has 0 spiro atoms. The summed E-state index contributed by atoms with van der Waals surface area (Å²) in [6.07, 6.45) is 4.59. The Morgan fingerprint density at radius 2 is 1.73 bits per heavy atom. The van der Waals surface area contributed by atoms with Crippen molar-refractivity contribution in [2.45, 2.75) is 38.6 Å². The van der Waals surface area contributed by atoms with Crippen LogP contribution in [-0.4, -0.2) is 65.8 Å². The lowest BCUT2D eigenvalue weighted by Gasteiger charge is -2.26. The van der Waals surface area contributed by atoms with Gasteiger partial charge in [0.15, 0.2) is 0 Å². The second-order valence-electron chi connectivity index (χ2n) is 7.26. The predicted octanol–water partition coefficient (Wildman–Crippen LogP) is 2.78. The number of benzene rings is 1. The van der Waals surface area contributed by atoms with Crippen LogP contribution in [0.5, 0.6) is 0 Å². The van der Waals surface area contributed by atoms with Crippen molar-refractivity contribution in [3.05, 3.63) is 34.9 Å². The molecule has 0 aliphatic carbocycles. The van der Waals surface area contributed by atoms with E-state index in [1.54, 1.807) is 4.90 Å². The third-order valence-electron chi connectivity index (χ3n) is 5.26. The van der Waals surface area contributed by atoms with Gasteiger partial charge in [0.05, 0.1) is 6.54 Å². The fourth-order valence-corrected chi connectivity index (χ4v) is 3.82. The molecule has 2 saturated heterocycles. The summed E-state index contributed by atoms with van der Waals surface area (Å²) < 4.78 is 0. The van der Waals surface area contributed by atoms with Gasteiger partial charge in [-0.25, -0.2) is 0 Å². The van der Waals surface area contributed by atoms with E-state index in [0.717, 1.165) is 70.0 Å². The Hall–Kier alpha value is -1.59. The van der Waals surface area contributed by atoms with Crippen LogP contribution in [0.1, 0.15) is 37.7 Å². The molecular weight excluding hydrogens is 350 g/mol. The van der Waals surface area contributed by atoms with Gasteiger partial charge in [0, 0.05) is 50.7 Å². The topological polar surface area (TPSA) is 43.9 Å². The molecule has 0 N–H and O–H groups in total. The molecule has 1 aromatic carbocycles. The Kier molecular flexibility index (Phi) is 6.92. The maximum absolute atomic E-state index is 12.7. The second kappa shape index (κ2) is 9.38. The largest absolute Gasteiger partial charge is 0.340 e. The molecule has 5 nitrogen and oxygen atoms in total. The van der Waals surface area contributed by atoms with Crippen LogP contribution in [-0.2, 0) is 16.1 Å². The highest BCUT2D eigenvalue weighted by Crippen LogP contribution is 2.14. The van der Waals surface area contributed by atoms with Gasteiger partial charge < -0.3 is 9.80 Å². The van der Waals surface area contributed by atoms with Crippen molar-refractivity contribution in [1.29, 1.82) is 0 Å². The Morgan fingerprint density at radius 3 is 2.54 bits per heavy atom. The predicted molar refractivity (Wildman–Crippen MR) is 103 cm³/mol. The molecule has 2 heterocycles. The van der Waals surface area contributed by atoms with Crippen molar-refractivity contribution < 1.29 is 9.59 Å². The van der Waals surface area contributed by atoms with Crippen molar-refractivity contribution in [3.8, 4) is 0 Å². The van der Waals surface area contributed by atoms with Crippen LogP contribution in [0.25, 0.3) is 0 Å². The van der Waals surface area contributed by atoms with Crippen LogP contribution in [0.2, 0.25) is 5.02 Å². The quantitative estimate of drug-likeness (QED) is 0.810. The van der Waals surface area contributed by atoms with Crippen molar-refractivity contribution in [3.63, 3.8) is 0 Å². The van der Waals surface area contributed by atoms with Gasteiger partial charge in [0.25, 0.3) is 0 Å². The maximum Gasteiger partial charge on any atom is 0.242 e. The van der Waals surface area contributed by atoms with Crippen LogP contribution in [0, 0.1) is 0 Å². The molecule has 0 aromatic heterocycles. The number of nitrogens with zero attached hydrogens (tertiary/aromatic N) is 3. The van der Waals surface area contributed by atoms with Crippen LogP contribution < -0.4 is 0 Å². The van der Waals surface area contributed by atoms with E-state index in [1.165, 1.54) is 5.56 Å². The zero-order valence-electron chi connectivity index (χ0n) is 15.3. The summed E-state index contributed by atoms with van der Waals surface area (Å²) in [6.45, 7) is 5.20. The molecule has 0 radical (unpaired) electrons. The van der Waals surface area contributed by atoms with Crippen molar-refractivity contribution >= 4 is 23.4 Å². The highest BCUT2D eigenvalue weighted by molar-refractivity contribution is 6.30. The Labute approximate surface area is 160 Å². The van der Waals surface area contributed by atoms with E-state index >= 15 is 0 Å². The van der Waals surface area contributed by atoms with E-state index < -0.39 is 0 Å². The number of carbonyl (C=O) groups is 2. The third-order valence-corrected chi connectivity index (χ3v) is 5.51. The molecule has 142 valence electrons. The minimum absolute atomic E-state index is 0.0913. The van der Waals surface area contributed by atoms with Gasteiger partial charge in [-0.3, -0.25) is 14.5 Å². The first-order valence-corrected chi connectivity index (χ1v) is 10.0. The average Bonchev–Trinajstić information content (AvgIpc) is 2.98. The minimum atomic E-state index is 0.0913. The zero-order chi connectivity index (χ0) is 18.4. The Bertz CT molecular complexity index is 620. The summed E-state index contributed by atoms with van der Waals surface area (Å²) in [5.74, 6) is 0.226. The summed E-state index contributed by atoms with van der Waals surface area (Å²) in [5.41, 5.74) is 1.24. The first-order chi connectivity index (χ1) is 12.6. The summed E-state index contributed by atoms with van der Waals surface area (Å²) in [5, 5.41) is 0.754. The second-order valence-corrected chi connectivity index (χ2v) is 7.70. The monoisotopic (exact) mass is 377 g/mol. The summed E-state index contributed by atoms with van der Waals surface area (Å²) in [6, 6.07) is 7.95. The van der Waals surface area contributed by atoms with E-state index in [0.29, 0.717) is 6.42 Å². The minimum Gasteiger partial charge on any atom is -0.340 e. The molecule has 3 rings (SSSR count). The van der Waals surface area contributed by atoms with E-state index in [-0.39, 0.29) is 18.4 Å². The highest BCUT2D eigenvalue weighted by atomic mass is 35.5. The van der Waals surface area contributed by atoms with Crippen LogP contribution in [0.4, 0.5) is 0 Å². The van der Waals surface area contributed by atoms with Crippen LogP contribution in [0.3, 0.4) is 0 Å². The van der Waals surface area contributed by atoms with E-state index in [1.807, 2.05) is 17.0 Å². The molecule has 2 aliphatic rings.